The molecule has 0 fully saturated rings. The van der Waals surface area contributed by atoms with Crippen molar-refractivity contribution >= 4 is 0 Å². The molecule has 0 bridgehead atoms. The van der Waals surface area contributed by atoms with Crippen LogP contribution in [-0.4, -0.2) is 6.04 Å². The second-order valence-electron chi connectivity index (χ2n) is 2.64. The summed E-state index contributed by atoms with van der Waals surface area (Å²) < 4.78 is 0. The monoisotopic (exact) mass is 111 g/mol. The van der Waals surface area contributed by atoms with Crippen LogP contribution in [0.2, 0.25) is 0 Å². The number of allylic oxidation sites excluding steroid dienone is 1. The topological polar surface area (TPSA) is 26.0 Å². The van der Waals surface area contributed by atoms with Crippen molar-refractivity contribution in [2.75, 3.05) is 0 Å². The lowest BCUT2D eigenvalue weighted by Crippen LogP contribution is -2.23. The SMILES string of the molecule is CC1C=CC[C@H](N)C1. The van der Waals surface area contributed by atoms with Gasteiger partial charge in [-0.25, -0.2) is 0 Å². The summed E-state index contributed by atoms with van der Waals surface area (Å²) in [6, 6.07) is 0.426. The molecule has 0 amide bonds. The molecular formula is C7H13N. The fourth-order valence-electron chi connectivity index (χ4n) is 1.14. The first-order valence-corrected chi connectivity index (χ1v) is 3.21. The van der Waals surface area contributed by atoms with Crippen molar-refractivity contribution in [3.63, 3.8) is 0 Å². The zero-order valence-electron chi connectivity index (χ0n) is 5.30. The van der Waals surface area contributed by atoms with Crippen LogP contribution in [0.3, 0.4) is 0 Å². The van der Waals surface area contributed by atoms with Gasteiger partial charge in [-0.2, -0.15) is 0 Å². The third kappa shape index (κ3) is 1.34. The van der Waals surface area contributed by atoms with E-state index in [1.54, 1.807) is 0 Å². The van der Waals surface area contributed by atoms with E-state index in [9.17, 15) is 0 Å². The van der Waals surface area contributed by atoms with Crippen LogP contribution in [0.1, 0.15) is 19.8 Å². The largest absolute Gasteiger partial charge is 0.327 e. The summed E-state index contributed by atoms with van der Waals surface area (Å²) in [5, 5.41) is 0. The average Bonchev–Trinajstić information content (AvgIpc) is 1.64. The number of hydrogen-bond acceptors (Lipinski definition) is 1. The minimum Gasteiger partial charge on any atom is -0.327 e. The van der Waals surface area contributed by atoms with Crippen molar-refractivity contribution < 1.29 is 0 Å². The summed E-state index contributed by atoms with van der Waals surface area (Å²) in [7, 11) is 0. The highest BCUT2D eigenvalue weighted by molar-refractivity contribution is 4.95. The Labute approximate surface area is 50.6 Å². The third-order valence-corrected chi connectivity index (χ3v) is 1.58. The first kappa shape index (κ1) is 5.83. The first-order valence-electron chi connectivity index (χ1n) is 3.21. The van der Waals surface area contributed by atoms with Crippen LogP contribution in [0.5, 0.6) is 0 Å². The Morgan fingerprint density at radius 2 is 2.38 bits per heavy atom. The van der Waals surface area contributed by atoms with Crippen molar-refractivity contribution in [1.29, 1.82) is 0 Å². The van der Waals surface area contributed by atoms with Crippen molar-refractivity contribution in [3.8, 4) is 0 Å². The van der Waals surface area contributed by atoms with Gasteiger partial charge in [0.25, 0.3) is 0 Å². The summed E-state index contributed by atoms with van der Waals surface area (Å²) >= 11 is 0. The van der Waals surface area contributed by atoms with Gasteiger partial charge in [0, 0.05) is 6.04 Å². The van der Waals surface area contributed by atoms with Crippen LogP contribution >= 0.6 is 0 Å². The Balaban J connectivity index is 2.42. The zero-order valence-corrected chi connectivity index (χ0v) is 5.30. The molecule has 0 saturated heterocycles. The number of hydrogen-bond donors (Lipinski definition) is 1. The maximum Gasteiger partial charge on any atom is 0.00789 e. The van der Waals surface area contributed by atoms with Gasteiger partial charge in [-0.05, 0) is 18.8 Å². The molecule has 46 valence electrons. The highest BCUT2D eigenvalue weighted by Crippen LogP contribution is 2.14. The van der Waals surface area contributed by atoms with Gasteiger partial charge in [0.1, 0.15) is 0 Å². The molecule has 8 heavy (non-hydrogen) atoms. The third-order valence-electron chi connectivity index (χ3n) is 1.58. The molecule has 2 atom stereocenters. The van der Waals surface area contributed by atoms with E-state index in [2.05, 4.69) is 19.1 Å². The molecular weight excluding hydrogens is 98.1 g/mol. The molecule has 1 aliphatic rings. The van der Waals surface area contributed by atoms with E-state index < -0.39 is 0 Å². The summed E-state index contributed by atoms with van der Waals surface area (Å²) in [6.07, 6.45) is 6.66. The van der Waals surface area contributed by atoms with Crippen molar-refractivity contribution in [1.82, 2.24) is 0 Å². The van der Waals surface area contributed by atoms with Gasteiger partial charge >= 0.3 is 0 Å². The Morgan fingerprint density at radius 1 is 1.62 bits per heavy atom. The summed E-state index contributed by atoms with van der Waals surface area (Å²) in [5.41, 5.74) is 5.67. The minimum atomic E-state index is 0.426. The number of rotatable bonds is 0. The van der Waals surface area contributed by atoms with Gasteiger partial charge in [-0.1, -0.05) is 19.1 Å². The van der Waals surface area contributed by atoms with Crippen LogP contribution < -0.4 is 5.73 Å². The van der Waals surface area contributed by atoms with Crippen LogP contribution in [0.15, 0.2) is 12.2 Å². The molecule has 2 N–H and O–H groups in total. The van der Waals surface area contributed by atoms with Gasteiger partial charge in [0.15, 0.2) is 0 Å². The Hall–Kier alpha value is -0.300. The lowest BCUT2D eigenvalue weighted by molar-refractivity contribution is 0.510. The van der Waals surface area contributed by atoms with Crippen molar-refractivity contribution in [2.45, 2.75) is 25.8 Å². The van der Waals surface area contributed by atoms with Crippen molar-refractivity contribution in [2.24, 2.45) is 11.7 Å². The predicted molar refractivity (Wildman–Crippen MR) is 35.5 cm³/mol. The summed E-state index contributed by atoms with van der Waals surface area (Å²) in [5.74, 6) is 0.707. The Morgan fingerprint density at radius 3 is 2.75 bits per heavy atom. The minimum absolute atomic E-state index is 0.426. The molecule has 0 heterocycles. The first-order chi connectivity index (χ1) is 3.79. The maximum absolute atomic E-state index is 5.67. The van der Waals surface area contributed by atoms with Gasteiger partial charge in [0.2, 0.25) is 0 Å². The molecule has 0 radical (unpaired) electrons. The molecule has 1 aliphatic carbocycles. The summed E-state index contributed by atoms with van der Waals surface area (Å²) in [4.78, 5) is 0. The highest BCUT2D eigenvalue weighted by Gasteiger charge is 2.08. The summed E-state index contributed by atoms with van der Waals surface area (Å²) in [6.45, 7) is 2.20. The van der Waals surface area contributed by atoms with E-state index >= 15 is 0 Å². The van der Waals surface area contributed by atoms with Gasteiger partial charge in [-0.3, -0.25) is 0 Å². The van der Waals surface area contributed by atoms with Crippen molar-refractivity contribution in [3.05, 3.63) is 12.2 Å². The Kier molecular flexibility index (Phi) is 1.69. The normalized spacial score (nSPS) is 37.8. The van der Waals surface area contributed by atoms with Crippen LogP contribution in [0.25, 0.3) is 0 Å². The standard InChI is InChI=1S/C7H13N/c1-6-3-2-4-7(8)5-6/h2-3,6-7H,4-5,8H2,1H3/t6?,7-/m0/s1. The molecule has 0 aromatic rings. The average molecular weight is 111 g/mol. The van der Waals surface area contributed by atoms with Gasteiger partial charge in [0.05, 0.1) is 0 Å². The smallest absolute Gasteiger partial charge is 0.00789 e. The van der Waals surface area contributed by atoms with E-state index in [0.717, 1.165) is 12.8 Å². The molecule has 1 rings (SSSR count). The van der Waals surface area contributed by atoms with Crippen LogP contribution in [-0.2, 0) is 0 Å². The maximum atomic E-state index is 5.67. The van der Waals surface area contributed by atoms with Gasteiger partial charge in [-0.15, -0.1) is 0 Å². The van der Waals surface area contributed by atoms with E-state index in [1.807, 2.05) is 0 Å². The molecule has 0 aliphatic heterocycles. The fraction of sp³-hybridized carbons (Fsp3) is 0.714. The second-order valence-corrected chi connectivity index (χ2v) is 2.64. The predicted octanol–water partition coefficient (Wildman–Crippen LogP) is 1.30. The van der Waals surface area contributed by atoms with Gasteiger partial charge < -0.3 is 5.73 Å². The molecule has 0 aromatic carbocycles. The molecule has 0 aromatic heterocycles. The van der Waals surface area contributed by atoms with E-state index in [0.29, 0.717) is 12.0 Å². The van der Waals surface area contributed by atoms with E-state index in [4.69, 9.17) is 5.73 Å². The number of nitrogens with two attached hydrogens (primary N) is 1. The van der Waals surface area contributed by atoms with Crippen LogP contribution in [0.4, 0.5) is 0 Å². The molecule has 1 nitrogen and oxygen atoms in total. The van der Waals surface area contributed by atoms with E-state index in [-0.39, 0.29) is 0 Å². The lowest BCUT2D eigenvalue weighted by atomic mass is 9.94. The zero-order chi connectivity index (χ0) is 5.98. The quantitative estimate of drug-likeness (QED) is 0.468. The second kappa shape index (κ2) is 2.31. The molecule has 1 unspecified atom stereocenters. The van der Waals surface area contributed by atoms with E-state index in [1.165, 1.54) is 0 Å². The Bertz CT molecular complexity index is 96.6. The molecule has 0 saturated carbocycles. The lowest BCUT2D eigenvalue weighted by Gasteiger charge is -2.16. The molecule has 1 heteroatoms. The highest BCUT2D eigenvalue weighted by atomic mass is 14.6. The fourth-order valence-corrected chi connectivity index (χ4v) is 1.14. The van der Waals surface area contributed by atoms with Crippen LogP contribution in [0, 0.1) is 5.92 Å². The molecule has 0 spiro atoms.